The van der Waals surface area contributed by atoms with Crippen molar-refractivity contribution in [3.8, 4) is 17.1 Å². The molecule has 0 bridgehead atoms. The molecule has 6 aromatic rings. The van der Waals surface area contributed by atoms with Crippen molar-refractivity contribution in [2.45, 2.75) is 6.54 Å². The summed E-state index contributed by atoms with van der Waals surface area (Å²) in [7, 11) is 0. The molecule has 0 aliphatic carbocycles. The lowest BCUT2D eigenvalue weighted by molar-refractivity contribution is -0.139. The van der Waals surface area contributed by atoms with Crippen molar-refractivity contribution in [3.63, 3.8) is 0 Å². The van der Waals surface area contributed by atoms with Gasteiger partial charge >= 0.3 is 5.97 Å². The van der Waals surface area contributed by atoms with Gasteiger partial charge in [-0.3, -0.25) is 9.59 Å². The van der Waals surface area contributed by atoms with Crippen LogP contribution in [0.1, 0.15) is 31.8 Å². The number of aliphatic carboxylic acids is 1. The molecule has 0 radical (unpaired) electrons. The number of amides is 1. The predicted molar refractivity (Wildman–Crippen MR) is 154 cm³/mol. The summed E-state index contributed by atoms with van der Waals surface area (Å²) in [6.45, 7) is -0.312. The van der Waals surface area contributed by atoms with Crippen LogP contribution in [0.5, 0.6) is 5.75 Å². The van der Waals surface area contributed by atoms with E-state index >= 15 is 0 Å². The maximum atomic E-state index is 13.5. The number of hydrogen-bond acceptors (Lipinski definition) is 5. The quantitative estimate of drug-likeness (QED) is 0.219. The summed E-state index contributed by atoms with van der Waals surface area (Å²) in [5.74, 6) is -1.06. The molecule has 8 heteroatoms. The van der Waals surface area contributed by atoms with Gasteiger partial charge in [0.25, 0.3) is 0 Å². The fraction of sp³-hybridized carbons (Fsp3) is 0.0606. The predicted octanol–water partition coefficient (Wildman–Crippen LogP) is 5.90. The number of nitrogens with two attached hydrogens (primary N) is 1. The summed E-state index contributed by atoms with van der Waals surface area (Å²) in [5, 5.41) is 10.5. The molecule has 0 spiro atoms. The van der Waals surface area contributed by atoms with Crippen LogP contribution in [-0.4, -0.2) is 33.9 Å². The van der Waals surface area contributed by atoms with Crippen molar-refractivity contribution >= 4 is 39.5 Å². The molecule has 202 valence electrons. The number of carbonyl (C=O) groups excluding carboxylic acids is 2. The van der Waals surface area contributed by atoms with E-state index in [0.717, 1.165) is 5.56 Å². The lowest BCUT2D eigenvalue weighted by atomic mass is 9.98. The topological polar surface area (TPSA) is 125 Å². The Labute approximate surface area is 234 Å². The van der Waals surface area contributed by atoms with Gasteiger partial charge in [-0.2, -0.15) is 0 Å². The van der Waals surface area contributed by atoms with Crippen LogP contribution in [0.4, 0.5) is 0 Å². The Kier molecular flexibility index (Phi) is 6.57. The van der Waals surface area contributed by atoms with E-state index < -0.39 is 18.5 Å². The number of ether oxygens (including phenoxy) is 1. The van der Waals surface area contributed by atoms with Gasteiger partial charge in [0.05, 0.1) is 22.7 Å². The highest BCUT2D eigenvalue weighted by atomic mass is 16.5. The number of nitrogens with zero attached hydrogens (tertiary/aromatic N) is 1. The molecule has 6 rings (SSSR count). The van der Waals surface area contributed by atoms with Gasteiger partial charge in [-0.15, -0.1) is 0 Å². The summed E-state index contributed by atoms with van der Waals surface area (Å²) < 4.78 is 13.4. The number of aromatic nitrogens is 1. The largest absolute Gasteiger partial charge is 0.481 e. The maximum Gasteiger partial charge on any atom is 0.341 e. The number of rotatable bonds is 9. The number of carboxylic acid groups (broad SMARTS) is 1. The Morgan fingerprint density at radius 2 is 1.56 bits per heavy atom. The number of ketones is 1. The van der Waals surface area contributed by atoms with E-state index in [-0.39, 0.29) is 23.6 Å². The first-order valence-corrected chi connectivity index (χ1v) is 12.9. The molecule has 0 saturated carbocycles. The highest BCUT2D eigenvalue weighted by Crippen LogP contribution is 2.41. The van der Waals surface area contributed by atoms with Gasteiger partial charge in [-0.25, -0.2) is 4.79 Å². The molecular weight excluding hydrogens is 520 g/mol. The molecule has 0 aliphatic heterocycles. The number of hydrogen-bond donors (Lipinski definition) is 2. The number of carboxylic acids is 1. The number of fused-ring (bicyclic) bond motifs is 3. The molecule has 0 aliphatic rings. The van der Waals surface area contributed by atoms with Gasteiger partial charge in [-0.05, 0) is 42.0 Å². The number of furan rings is 1. The van der Waals surface area contributed by atoms with E-state index in [9.17, 15) is 19.5 Å². The van der Waals surface area contributed by atoms with E-state index in [1.165, 1.54) is 0 Å². The average molecular weight is 545 g/mol. The Morgan fingerprint density at radius 1 is 0.805 bits per heavy atom. The zero-order chi connectivity index (χ0) is 28.5. The van der Waals surface area contributed by atoms with Crippen molar-refractivity contribution in [1.29, 1.82) is 0 Å². The minimum Gasteiger partial charge on any atom is -0.481 e. The van der Waals surface area contributed by atoms with E-state index in [4.69, 9.17) is 14.9 Å². The Hall–Kier alpha value is -5.63. The second-order valence-electron chi connectivity index (χ2n) is 9.53. The Bertz CT molecular complexity index is 1940. The smallest absolute Gasteiger partial charge is 0.341 e. The standard InChI is InChI=1S/C33H24N2O6/c34-33(39)24-12-6-13-25-30(24)31-26(16-22(27-14-7-15-40-27)17-28(31)41-19-29(36)37)35(25)18-21-10-4-5-11-23(21)32(38)20-8-2-1-3-9-20/h1-17H,18-19H2,(H2,34,39)(H,36,37). The summed E-state index contributed by atoms with van der Waals surface area (Å²) >= 11 is 0. The molecule has 2 aromatic heterocycles. The van der Waals surface area contributed by atoms with Crippen molar-refractivity contribution in [3.05, 3.63) is 126 Å². The lowest BCUT2D eigenvalue weighted by Crippen LogP contribution is -2.12. The van der Waals surface area contributed by atoms with Gasteiger partial charge in [0.1, 0.15) is 11.5 Å². The van der Waals surface area contributed by atoms with E-state index in [0.29, 0.717) is 44.3 Å². The first-order chi connectivity index (χ1) is 19.9. The van der Waals surface area contributed by atoms with Crippen LogP contribution in [0.2, 0.25) is 0 Å². The molecule has 0 atom stereocenters. The lowest BCUT2D eigenvalue weighted by Gasteiger charge is -2.13. The summed E-state index contributed by atoms with van der Waals surface area (Å²) in [6.07, 6.45) is 1.55. The molecule has 2 heterocycles. The van der Waals surface area contributed by atoms with Crippen LogP contribution in [0.15, 0.2) is 108 Å². The van der Waals surface area contributed by atoms with Crippen molar-refractivity contribution < 1.29 is 28.6 Å². The minimum absolute atomic E-state index is 0.110. The van der Waals surface area contributed by atoms with Crippen LogP contribution in [0.3, 0.4) is 0 Å². The molecule has 0 fully saturated rings. The summed E-state index contributed by atoms with van der Waals surface area (Å²) in [5.41, 5.74) is 9.94. The fourth-order valence-corrected chi connectivity index (χ4v) is 5.23. The van der Waals surface area contributed by atoms with Gasteiger partial charge in [0.15, 0.2) is 12.4 Å². The monoisotopic (exact) mass is 544 g/mol. The van der Waals surface area contributed by atoms with Crippen molar-refractivity contribution in [1.82, 2.24) is 4.57 Å². The number of carbonyl (C=O) groups is 3. The maximum absolute atomic E-state index is 13.5. The zero-order valence-electron chi connectivity index (χ0n) is 21.7. The van der Waals surface area contributed by atoms with E-state index in [1.807, 2.05) is 53.1 Å². The van der Waals surface area contributed by atoms with Crippen LogP contribution in [0, 0.1) is 0 Å². The molecule has 4 aromatic carbocycles. The molecule has 8 nitrogen and oxygen atoms in total. The second kappa shape index (κ2) is 10.5. The molecule has 41 heavy (non-hydrogen) atoms. The molecule has 0 saturated heterocycles. The third-order valence-corrected chi connectivity index (χ3v) is 7.00. The van der Waals surface area contributed by atoms with E-state index in [2.05, 4.69) is 0 Å². The van der Waals surface area contributed by atoms with Crippen LogP contribution < -0.4 is 10.5 Å². The van der Waals surface area contributed by atoms with Gasteiger partial charge in [0.2, 0.25) is 5.91 Å². The van der Waals surface area contributed by atoms with Gasteiger partial charge < -0.3 is 24.6 Å². The zero-order valence-corrected chi connectivity index (χ0v) is 21.7. The molecule has 0 unspecified atom stereocenters. The van der Waals surface area contributed by atoms with Crippen LogP contribution in [-0.2, 0) is 11.3 Å². The van der Waals surface area contributed by atoms with Crippen molar-refractivity contribution in [2.24, 2.45) is 5.73 Å². The van der Waals surface area contributed by atoms with Gasteiger partial charge in [0, 0.05) is 34.2 Å². The SMILES string of the molecule is NC(=O)c1cccc2c1c1c(OCC(=O)O)cc(-c3ccco3)cc1n2Cc1ccccc1C(=O)c1ccccc1. The Morgan fingerprint density at radius 3 is 2.29 bits per heavy atom. The summed E-state index contributed by atoms with van der Waals surface area (Å²) in [6, 6.07) is 28.8. The first kappa shape index (κ1) is 25.6. The van der Waals surface area contributed by atoms with Crippen molar-refractivity contribution in [2.75, 3.05) is 6.61 Å². The fourth-order valence-electron chi connectivity index (χ4n) is 5.23. The first-order valence-electron chi connectivity index (χ1n) is 12.9. The molecule has 1 amide bonds. The Balaban J connectivity index is 1.63. The van der Waals surface area contributed by atoms with Crippen LogP contribution in [0.25, 0.3) is 33.1 Å². The second-order valence-corrected chi connectivity index (χ2v) is 9.53. The number of primary amides is 1. The minimum atomic E-state index is -1.14. The van der Waals surface area contributed by atoms with E-state index in [1.54, 1.807) is 54.8 Å². The third kappa shape index (κ3) is 4.72. The third-order valence-electron chi connectivity index (χ3n) is 7.00. The summed E-state index contributed by atoms with van der Waals surface area (Å²) in [4.78, 5) is 37.6. The van der Waals surface area contributed by atoms with Crippen LogP contribution >= 0.6 is 0 Å². The highest BCUT2D eigenvalue weighted by molar-refractivity contribution is 6.20. The molecule has 3 N–H and O–H groups in total. The highest BCUT2D eigenvalue weighted by Gasteiger charge is 2.23. The molecular formula is C33H24N2O6. The average Bonchev–Trinajstić information content (AvgIpc) is 3.63. The number of benzene rings is 4. The normalized spacial score (nSPS) is 11.1. The van der Waals surface area contributed by atoms with Gasteiger partial charge in [-0.1, -0.05) is 60.7 Å².